The third-order valence-electron chi connectivity index (χ3n) is 4.05. The summed E-state index contributed by atoms with van der Waals surface area (Å²) in [6.45, 7) is 1.20. The van der Waals surface area contributed by atoms with E-state index in [-0.39, 0.29) is 5.75 Å². The van der Waals surface area contributed by atoms with Gasteiger partial charge in [-0.05, 0) is 26.3 Å². The van der Waals surface area contributed by atoms with Crippen LogP contribution in [0.3, 0.4) is 0 Å². The molecular weight excluding hydrogens is 380 g/mol. The van der Waals surface area contributed by atoms with Gasteiger partial charge in [0.2, 0.25) is 17.7 Å². The van der Waals surface area contributed by atoms with Crippen LogP contribution in [0, 0.1) is 0 Å². The van der Waals surface area contributed by atoms with E-state index in [1.165, 1.54) is 6.92 Å². The minimum atomic E-state index is -1.56. The fourth-order valence-electron chi connectivity index (χ4n) is 2.48. The lowest BCUT2D eigenvalue weighted by molar-refractivity contribution is -0.145. The molecule has 1 saturated heterocycles. The van der Waals surface area contributed by atoms with Crippen molar-refractivity contribution in [3.63, 3.8) is 0 Å². The molecule has 5 unspecified atom stereocenters. The topological polar surface area (TPSA) is 177 Å². The highest BCUT2D eigenvalue weighted by molar-refractivity contribution is 7.80. The number of thiol groups is 1. The van der Waals surface area contributed by atoms with Crippen LogP contribution in [-0.2, 0) is 19.2 Å². The molecule has 0 saturated carbocycles. The molecule has 5 atom stereocenters. The van der Waals surface area contributed by atoms with Crippen LogP contribution in [0.5, 0.6) is 0 Å². The van der Waals surface area contributed by atoms with E-state index in [1.54, 1.807) is 0 Å². The summed E-state index contributed by atoms with van der Waals surface area (Å²) in [6, 6.07) is -4.50. The van der Waals surface area contributed by atoms with Crippen molar-refractivity contribution in [2.24, 2.45) is 0 Å². The largest absolute Gasteiger partial charge is 0.480 e. The molecule has 0 aliphatic carbocycles. The Morgan fingerprint density at radius 2 is 1.78 bits per heavy atom. The molecule has 1 heterocycles. The van der Waals surface area contributed by atoms with E-state index < -0.39 is 60.6 Å². The van der Waals surface area contributed by atoms with Gasteiger partial charge in [0, 0.05) is 5.75 Å². The van der Waals surface area contributed by atoms with Crippen LogP contribution >= 0.6 is 12.6 Å². The maximum absolute atomic E-state index is 12.3. The first-order chi connectivity index (χ1) is 12.7. The van der Waals surface area contributed by atoms with E-state index >= 15 is 0 Å². The van der Waals surface area contributed by atoms with E-state index in [4.69, 9.17) is 5.11 Å². The smallest absolute Gasteiger partial charge is 0.328 e. The van der Waals surface area contributed by atoms with Crippen molar-refractivity contribution >= 4 is 36.3 Å². The number of carboxylic acids is 1. The number of hydrogen-bond donors (Lipinski definition) is 8. The Bertz CT molecular complexity index is 554. The van der Waals surface area contributed by atoms with Gasteiger partial charge in [-0.3, -0.25) is 14.4 Å². The van der Waals surface area contributed by atoms with Crippen LogP contribution < -0.4 is 21.3 Å². The Hall–Kier alpha value is -1.89. The van der Waals surface area contributed by atoms with E-state index in [2.05, 4.69) is 33.9 Å². The van der Waals surface area contributed by atoms with Crippen molar-refractivity contribution in [3.05, 3.63) is 0 Å². The Balaban J connectivity index is 2.67. The fraction of sp³-hybridized carbons (Fsp3) is 0.733. The highest BCUT2D eigenvalue weighted by atomic mass is 32.1. The number of carbonyl (C=O) groups excluding carboxylic acids is 3. The van der Waals surface area contributed by atoms with Gasteiger partial charge < -0.3 is 36.6 Å². The van der Waals surface area contributed by atoms with Crippen LogP contribution in [-0.4, -0.2) is 88.2 Å². The highest BCUT2D eigenvalue weighted by Crippen LogP contribution is 2.05. The summed E-state index contributed by atoms with van der Waals surface area (Å²) in [7, 11) is 0. The zero-order valence-electron chi connectivity index (χ0n) is 14.8. The van der Waals surface area contributed by atoms with Gasteiger partial charge in [0.15, 0.2) is 6.04 Å². The van der Waals surface area contributed by atoms with Crippen molar-refractivity contribution in [1.29, 1.82) is 0 Å². The minimum Gasteiger partial charge on any atom is -0.480 e. The van der Waals surface area contributed by atoms with Crippen LogP contribution in [0.25, 0.3) is 0 Å². The van der Waals surface area contributed by atoms with Crippen LogP contribution in [0.2, 0.25) is 0 Å². The number of aliphatic hydroxyl groups is 2. The molecule has 1 aliphatic rings. The summed E-state index contributed by atoms with van der Waals surface area (Å²) in [6.07, 6.45) is 0.0822. The monoisotopic (exact) mass is 406 g/mol. The van der Waals surface area contributed by atoms with Crippen molar-refractivity contribution in [2.45, 2.75) is 50.0 Å². The molecule has 0 radical (unpaired) electrons. The molecule has 3 amide bonds. The standard InChI is InChI=1S/C15H26N4O7S/c1-7(21)11(15(25)26)19-14(24)10(6-27)18-13(23)9(5-20)17-12(22)8-3-2-4-16-8/h7-11,16,20-21,27H,2-6H2,1H3,(H,17,22)(H,18,23)(H,19,24)(H,25,26). The Kier molecular flexibility index (Phi) is 9.49. The molecular formula is C15H26N4O7S. The molecule has 11 nitrogen and oxygen atoms in total. The van der Waals surface area contributed by atoms with E-state index in [1.807, 2.05) is 0 Å². The summed E-state index contributed by atoms with van der Waals surface area (Å²) < 4.78 is 0. The fourth-order valence-corrected chi connectivity index (χ4v) is 2.74. The van der Waals surface area contributed by atoms with Crippen molar-refractivity contribution in [2.75, 3.05) is 18.9 Å². The van der Waals surface area contributed by atoms with Gasteiger partial charge in [-0.25, -0.2) is 4.79 Å². The van der Waals surface area contributed by atoms with Gasteiger partial charge in [0.05, 0.1) is 18.8 Å². The lowest BCUT2D eigenvalue weighted by atomic mass is 10.1. The van der Waals surface area contributed by atoms with Crippen molar-refractivity contribution in [1.82, 2.24) is 21.3 Å². The zero-order chi connectivity index (χ0) is 20.6. The van der Waals surface area contributed by atoms with Crippen LogP contribution in [0.4, 0.5) is 0 Å². The van der Waals surface area contributed by atoms with Gasteiger partial charge in [-0.1, -0.05) is 0 Å². The van der Waals surface area contributed by atoms with Gasteiger partial charge in [-0.15, -0.1) is 0 Å². The van der Waals surface area contributed by atoms with Gasteiger partial charge >= 0.3 is 5.97 Å². The van der Waals surface area contributed by atoms with Crippen molar-refractivity contribution in [3.8, 4) is 0 Å². The van der Waals surface area contributed by atoms with E-state index in [9.17, 15) is 29.4 Å². The summed E-state index contributed by atoms with van der Waals surface area (Å²) >= 11 is 3.95. The van der Waals surface area contributed by atoms with Gasteiger partial charge in [0.25, 0.3) is 0 Å². The molecule has 27 heavy (non-hydrogen) atoms. The number of nitrogens with one attached hydrogen (secondary N) is 4. The predicted molar refractivity (Wildman–Crippen MR) is 97.1 cm³/mol. The number of aliphatic hydroxyl groups excluding tert-OH is 2. The second-order valence-corrected chi connectivity index (χ2v) is 6.57. The maximum atomic E-state index is 12.3. The Morgan fingerprint density at radius 1 is 1.15 bits per heavy atom. The van der Waals surface area contributed by atoms with Crippen LogP contribution in [0.1, 0.15) is 19.8 Å². The maximum Gasteiger partial charge on any atom is 0.328 e. The Morgan fingerprint density at radius 3 is 2.22 bits per heavy atom. The molecule has 0 aromatic rings. The van der Waals surface area contributed by atoms with E-state index in [0.29, 0.717) is 13.0 Å². The third kappa shape index (κ3) is 6.97. The first-order valence-electron chi connectivity index (χ1n) is 8.48. The summed E-state index contributed by atoms with van der Waals surface area (Å²) in [5, 5.41) is 37.5. The predicted octanol–water partition coefficient (Wildman–Crippen LogP) is -3.42. The highest BCUT2D eigenvalue weighted by Gasteiger charge is 2.31. The first-order valence-corrected chi connectivity index (χ1v) is 9.11. The molecule has 7 N–H and O–H groups in total. The van der Waals surface area contributed by atoms with Gasteiger partial charge in [-0.2, -0.15) is 12.6 Å². The SMILES string of the molecule is CC(O)C(NC(=O)C(CS)NC(=O)C(CO)NC(=O)C1CCCN1)C(=O)O. The van der Waals surface area contributed by atoms with Crippen LogP contribution in [0.15, 0.2) is 0 Å². The number of carbonyl (C=O) groups is 4. The molecule has 1 fully saturated rings. The molecule has 1 rings (SSSR count). The number of carboxylic acid groups (broad SMARTS) is 1. The molecule has 0 bridgehead atoms. The third-order valence-corrected chi connectivity index (χ3v) is 4.42. The molecule has 0 aromatic heterocycles. The summed E-state index contributed by atoms with van der Waals surface area (Å²) in [5.41, 5.74) is 0. The summed E-state index contributed by atoms with van der Waals surface area (Å²) in [4.78, 5) is 47.5. The molecule has 1 aliphatic heterocycles. The lowest BCUT2D eigenvalue weighted by Gasteiger charge is -2.24. The number of hydrogen-bond acceptors (Lipinski definition) is 8. The second-order valence-electron chi connectivity index (χ2n) is 6.20. The molecule has 154 valence electrons. The van der Waals surface area contributed by atoms with Gasteiger partial charge in [0.1, 0.15) is 12.1 Å². The molecule has 0 aromatic carbocycles. The average Bonchev–Trinajstić information content (AvgIpc) is 3.15. The minimum absolute atomic E-state index is 0.167. The first kappa shape index (κ1) is 23.1. The number of aliphatic carboxylic acids is 1. The van der Waals surface area contributed by atoms with E-state index in [0.717, 1.165) is 6.42 Å². The Labute approximate surface area is 161 Å². The normalized spacial score (nSPS) is 20.8. The lowest BCUT2D eigenvalue weighted by Crippen LogP contribution is -2.59. The zero-order valence-corrected chi connectivity index (χ0v) is 15.7. The second kappa shape index (κ2) is 11.1. The number of rotatable bonds is 10. The van der Waals surface area contributed by atoms with Crippen molar-refractivity contribution < 1.29 is 34.5 Å². The average molecular weight is 406 g/mol. The molecule has 0 spiro atoms. The molecule has 12 heteroatoms. The number of amides is 3. The quantitative estimate of drug-likeness (QED) is 0.173. The summed E-state index contributed by atoms with van der Waals surface area (Å²) in [5.74, 6) is -3.73.